The van der Waals surface area contributed by atoms with E-state index in [2.05, 4.69) is 122 Å². The molecule has 0 fully saturated rings. The Balaban J connectivity index is 1.26. The summed E-state index contributed by atoms with van der Waals surface area (Å²) in [5.74, 6) is 0. The molecule has 3 nitrogen and oxygen atoms in total. The minimum Gasteiger partial charge on any atom is -0.310 e. The smallest absolute Gasteiger partial charge is 0.0887 e. The summed E-state index contributed by atoms with van der Waals surface area (Å²) in [5.41, 5.74) is 8.68. The maximum Gasteiger partial charge on any atom is 0.0887 e. The average molecular weight is 1080 g/mol. The third-order valence-electron chi connectivity index (χ3n) is 14.2. The van der Waals surface area contributed by atoms with E-state index in [1.165, 1.54) is 4.90 Å². The summed E-state index contributed by atoms with van der Waals surface area (Å²) in [6, 6.07) is 52.0. The highest BCUT2D eigenvalue weighted by molar-refractivity contribution is 7.17. The second kappa shape index (κ2) is 21.6. The Hall–Kier alpha value is -8.15. The van der Waals surface area contributed by atoms with Crippen LogP contribution < -0.4 is 14.7 Å². The molecule has 10 aromatic carbocycles. The van der Waals surface area contributed by atoms with E-state index >= 15 is 0 Å². The maximum absolute atomic E-state index is 10.3. The molecule has 0 spiro atoms. The van der Waals surface area contributed by atoms with Crippen molar-refractivity contribution in [1.29, 1.82) is 0 Å². The molecule has 5 heteroatoms. The molecule has 392 valence electrons. The second-order valence-corrected chi connectivity index (χ2v) is 23.9. The Labute approximate surface area is 494 Å². The van der Waals surface area contributed by atoms with Crippen molar-refractivity contribution in [2.75, 3.05) is 14.7 Å². The number of halogens is 1. The van der Waals surface area contributed by atoms with Crippen LogP contribution in [0.1, 0.15) is 95.5 Å². The minimum absolute atomic E-state index is 0.00388. The number of anilines is 9. The van der Waals surface area contributed by atoms with Crippen LogP contribution in [0.15, 0.2) is 248 Å². The van der Waals surface area contributed by atoms with Crippen molar-refractivity contribution in [2.24, 2.45) is 0 Å². The predicted octanol–water partition coefficient (Wildman–Crippen LogP) is 22.9. The molecule has 1 heterocycles. The quantitative estimate of drug-likeness (QED) is 0.121. The summed E-state index contributed by atoms with van der Waals surface area (Å²) in [4.78, 5) is 5.57. The van der Waals surface area contributed by atoms with Gasteiger partial charge >= 0.3 is 0 Å². The molecule has 0 radical (unpaired) electrons. The third kappa shape index (κ3) is 10.9. The first-order valence-corrected chi connectivity index (χ1v) is 27.7. The summed E-state index contributed by atoms with van der Waals surface area (Å²) in [6.07, 6.45) is 0. The molecule has 0 N–H and O–H groups in total. The molecule has 0 aliphatic heterocycles. The van der Waals surface area contributed by atoms with Gasteiger partial charge in [0, 0.05) is 49.3 Å². The highest BCUT2D eigenvalue weighted by Gasteiger charge is 2.29. The molecule has 0 aliphatic carbocycles. The normalized spacial score (nSPS) is 14.1. The van der Waals surface area contributed by atoms with E-state index in [1.807, 2.05) is 114 Å². The lowest BCUT2D eigenvalue weighted by atomic mass is 9.84. The maximum atomic E-state index is 10.3. The van der Waals surface area contributed by atoms with E-state index in [9.17, 15) is 9.60 Å². The highest BCUT2D eigenvalue weighted by atomic mass is 35.5. The first-order valence-electron chi connectivity index (χ1n) is 32.5. The molecule has 0 saturated heterocycles. The van der Waals surface area contributed by atoms with Gasteiger partial charge < -0.3 is 14.7 Å². The van der Waals surface area contributed by atoms with Crippen LogP contribution in [0, 0.1) is 0 Å². The van der Waals surface area contributed by atoms with Crippen molar-refractivity contribution in [3.05, 3.63) is 269 Å². The Morgan fingerprint density at radius 3 is 1.47 bits per heavy atom. The number of hydrogen-bond acceptors (Lipinski definition) is 4. The first-order chi connectivity index (χ1) is 43.0. The molecule has 0 saturated carbocycles. The molecule has 11 rings (SSSR count). The Kier molecular flexibility index (Phi) is 11.0. The Morgan fingerprint density at radius 1 is 0.367 bits per heavy atom. The van der Waals surface area contributed by atoms with Crippen molar-refractivity contribution in [2.45, 2.75) is 78.6 Å². The summed E-state index contributed by atoms with van der Waals surface area (Å²) >= 11 is 9.01. The van der Waals surface area contributed by atoms with Crippen LogP contribution in [0.5, 0.6) is 0 Å². The zero-order chi connectivity index (χ0) is 65.5. The second-order valence-electron chi connectivity index (χ2n) is 22.7. The standard InChI is InChI=1S/C74H68ClN3S/c1-72(2,3)55-36-41-58(42-37-55)76(65-32-20-19-31-62(65)52-25-15-11-16-26-52)60-29-21-30-61(49-60)78(66-45-40-57(74(7,8)9)48-63(66)53-27-17-12-18-28-53)68-34-22-33-67(71(68)75)77(59-43-38-56(39-44-59)73(4,5)6)69-50-79-70-46-35-54(47-64(69)70)51-23-13-10-14-24-51/h10-50H,1-9H3/i10D,13D,14D,22D,23D,24D,33D,34D,35D,46D,47D,50D. The lowest BCUT2D eigenvalue weighted by Gasteiger charge is -2.34. The van der Waals surface area contributed by atoms with Crippen LogP contribution in [-0.4, -0.2) is 0 Å². The van der Waals surface area contributed by atoms with Gasteiger partial charge in [-0.2, -0.15) is 0 Å². The van der Waals surface area contributed by atoms with Gasteiger partial charge in [0.05, 0.1) is 49.9 Å². The van der Waals surface area contributed by atoms with E-state index in [1.54, 1.807) is 12.1 Å². The lowest BCUT2D eigenvalue weighted by molar-refractivity contribution is 0.590. The van der Waals surface area contributed by atoms with E-state index < -0.39 is 77.6 Å². The summed E-state index contributed by atoms with van der Waals surface area (Å²) in [6.45, 7) is 19.1. The van der Waals surface area contributed by atoms with Crippen molar-refractivity contribution < 1.29 is 16.4 Å². The first kappa shape index (κ1) is 40.1. The number of nitrogens with zero attached hydrogens (tertiary/aromatic N) is 3. The number of rotatable bonds is 12. The summed E-state index contributed by atoms with van der Waals surface area (Å²) < 4.78 is 113. The van der Waals surface area contributed by atoms with Gasteiger partial charge in [-0.1, -0.05) is 231 Å². The molecule has 79 heavy (non-hydrogen) atoms. The molecule has 11 aromatic rings. The monoisotopic (exact) mass is 1080 g/mol. The van der Waals surface area contributed by atoms with Crippen LogP contribution >= 0.6 is 22.9 Å². The molecule has 0 atom stereocenters. The lowest BCUT2D eigenvalue weighted by Crippen LogP contribution is -2.17. The topological polar surface area (TPSA) is 9.72 Å². The predicted molar refractivity (Wildman–Crippen MR) is 343 cm³/mol. The molecule has 0 aliphatic rings. The average Bonchev–Trinajstić information content (AvgIpc) is 1.70. The largest absolute Gasteiger partial charge is 0.310 e. The molecule has 0 bridgehead atoms. The third-order valence-corrected chi connectivity index (χ3v) is 15.4. The van der Waals surface area contributed by atoms with Gasteiger partial charge in [0.2, 0.25) is 0 Å². The number of para-hydroxylation sites is 1. The molecular formula is C74H68ClN3S. The van der Waals surface area contributed by atoms with Gasteiger partial charge in [-0.25, -0.2) is 0 Å². The molecule has 0 amide bonds. The fraction of sp³-hybridized carbons (Fsp3) is 0.162. The molecule has 0 unspecified atom stereocenters. The fourth-order valence-electron chi connectivity index (χ4n) is 9.88. The van der Waals surface area contributed by atoms with Crippen molar-refractivity contribution in [3.63, 3.8) is 0 Å². The summed E-state index contributed by atoms with van der Waals surface area (Å²) in [7, 11) is 0. The van der Waals surface area contributed by atoms with Crippen LogP contribution in [0.25, 0.3) is 43.5 Å². The van der Waals surface area contributed by atoms with Gasteiger partial charge in [-0.05, 0) is 140 Å². The van der Waals surface area contributed by atoms with Crippen LogP contribution in [-0.2, 0) is 16.2 Å². The van der Waals surface area contributed by atoms with E-state index in [-0.39, 0.29) is 53.8 Å². The minimum atomic E-state index is -0.691. The Morgan fingerprint density at radius 2 is 0.873 bits per heavy atom. The summed E-state index contributed by atoms with van der Waals surface area (Å²) in [5, 5.41) is -0.497. The molecular weight excluding hydrogens is 998 g/mol. The van der Waals surface area contributed by atoms with Gasteiger partial charge in [-0.15, -0.1) is 11.3 Å². The van der Waals surface area contributed by atoms with Crippen LogP contribution in [0.3, 0.4) is 0 Å². The highest BCUT2D eigenvalue weighted by Crippen LogP contribution is 2.52. The zero-order valence-corrected chi connectivity index (χ0v) is 47.4. The number of fused-ring (bicyclic) bond motifs is 1. The number of thiophene rings is 1. The van der Waals surface area contributed by atoms with E-state index in [0.717, 1.165) is 67.3 Å². The van der Waals surface area contributed by atoms with Gasteiger partial charge in [-0.3, -0.25) is 0 Å². The number of hydrogen-bond donors (Lipinski definition) is 0. The number of benzene rings is 10. The van der Waals surface area contributed by atoms with Crippen LogP contribution in [0.4, 0.5) is 51.2 Å². The van der Waals surface area contributed by atoms with Crippen molar-refractivity contribution >= 4 is 84.2 Å². The van der Waals surface area contributed by atoms with Crippen LogP contribution in [0.2, 0.25) is 5.02 Å². The van der Waals surface area contributed by atoms with E-state index in [4.69, 9.17) is 18.5 Å². The van der Waals surface area contributed by atoms with Crippen molar-refractivity contribution in [1.82, 2.24) is 0 Å². The van der Waals surface area contributed by atoms with Crippen molar-refractivity contribution in [3.8, 4) is 33.4 Å². The van der Waals surface area contributed by atoms with E-state index in [0.29, 0.717) is 17.1 Å². The van der Waals surface area contributed by atoms with Gasteiger partial charge in [0.1, 0.15) is 0 Å². The van der Waals surface area contributed by atoms with Gasteiger partial charge in [0.25, 0.3) is 0 Å². The Bertz CT molecular complexity index is 4600. The zero-order valence-electron chi connectivity index (χ0n) is 57.9. The molecule has 1 aromatic heterocycles. The fourth-order valence-corrected chi connectivity index (χ4v) is 10.9. The SMILES string of the molecule is [2H]c1sc2c([2H])c([2H])c(-c3c([2H])c([2H])c([2H])c([2H])c3[2H])c([2H])c2c1N(c1ccc(C(C)(C)C)cc1)c1c([2H])c([2H])c([2H])c(N(c2cccc(N(c3ccc(C(C)(C)C)cc3)c3ccccc3-c3ccccc3)c2)c2ccc(C(C)(C)C)cc2-c2ccccc2)c1Cl. The van der Waals surface area contributed by atoms with Gasteiger partial charge in [0.15, 0.2) is 0 Å².